The molecule has 0 aromatic heterocycles. The van der Waals surface area contributed by atoms with Crippen molar-refractivity contribution in [1.29, 1.82) is 0 Å². The van der Waals surface area contributed by atoms with Crippen molar-refractivity contribution in [3.8, 4) is 0 Å². The number of hydrogen-bond donors (Lipinski definition) is 0. The summed E-state index contributed by atoms with van der Waals surface area (Å²) in [5.41, 5.74) is 6.33. The monoisotopic (exact) mass is 210 g/mol. The van der Waals surface area contributed by atoms with E-state index in [1.807, 2.05) is 0 Å². The summed E-state index contributed by atoms with van der Waals surface area (Å²) < 4.78 is 0.823. The summed E-state index contributed by atoms with van der Waals surface area (Å²) in [4.78, 5) is 0. The molecule has 0 radical (unpaired) electrons. The number of benzene rings is 1. The van der Waals surface area contributed by atoms with Crippen LogP contribution in [-0.2, 0) is 0 Å². The van der Waals surface area contributed by atoms with Gasteiger partial charge >= 0.3 is 73.6 Å². The average molecular weight is 210 g/mol. The van der Waals surface area contributed by atoms with Crippen molar-refractivity contribution in [2.24, 2.45) is 0 Å². The van der Waals surface area contributed by atoms with Crippen LogP contribution >= 0.6 is 0 Å². The van der Waals surface area contributed by atoms with Gasteiger partial charge in [0, 0.05) is 0 Å². The fraction of sp³-hybridized carbons (Fsp3) is 0.400. The number of rotatable bonds is 2. The predicted octanol–water partition coefficient (Wildman–Crippen LogP) is 3.08. The van der Waals surface area contributed by atoms with Gasteiger partial charge in [-0.3, -0.25) is 0 Å². The first-order valence-corrected chi connectivity index (χ1v) is 8.77. The molecule has 1 unspecified atom stereocenters. The summed E-state index contributed by atoms with van der Waals surface area (Å²) in [6.45, 7) is 2.34. The third kappa shape index (κ3) is 2.38. The Hall–Kier alpha value is -0.222. The minimum atomic E-state index is -0.553. The van der Waals surface area contributed by atoms with Crippen molar-refractivity contribution in [2.75, 3.05) is 0 Å². The molecule has 1 aromatic rings. The van der Waals surface area contributed by atoms with E-state index in [0.717, 1.165) is 4.71 Å². The molecule has 1 rings (SSSR count). The van der Waals surface area contributed by atoms with Crippen LogP contribution in [0.2, 0.25) is 11.4 Å². The van der Waals surface area contributed by atoms with Crippen molar-refractivity contribution in [3.63, 3.8) is 0 Å². The van der Waals surface area contributed by atoms with Gasteiger partial charge in [-0.25, -0.2) is 0 Å². The summed E-state index contributed by atoms with van der Waals surface area (Å²) in [5, 5.41) is 0. The third-order valence-electron chi connectivity index (χ3n) is 2.06. The fourth-order valence-corrected chi connectivity index (χ4v) is 2.64. The van der Waals surface area contributed by atoms with Crippen molar-refractivity contribution in [2.45, 2.75) is 23.1 Å². The molecule has 0 aliphatic heterocycles. The van der Waals surface area contributed by atoms with Gasteiger partial charge in [0.15, 0.2) is 0 Å². The Balaban J connectivity index is 2.77. The zero-order valence-corrected chi connectivity index (χ0v) is 9.29. The summed E-state index contributed by atoms with van der Waals surface area (Å²) in [5.74, 6) is 0. The van der Waals surface area contributed by atoms with E-state index in [4.69, 9.17) is 0 Å². The average Bonchev–Trinajstić information content (AvgIpc) is 2.05. The van der Waals surface area contributed by atoms with Gasteiger partial charge in [0.05, 0.1) is 0 Å². The predicted molar refractivity (Wildman–Crippen MR) is 52.3 cm³/mol. The molecule has 0 saturated heterocycles. The van der Waals surface area contributed by atoms with Gasteiger partial charge in [0.25, 0.3) is 0 Å². The van der Waals surface area contributed by atoms with Crippen molar-refractivity contribution in [3.05, 3.63) is 35.9 Å². The SMILES string of the molecule is CC(c1ccccc1)[As](C)C. The molecule has 1 aromatic carbocycles. The molecule has 0 saturated carbocycles. The topological polar surface area (TPSA) is 0 Å². The second-order valence-electron chi connectivity index (χ2n) is 3.05. The van der Waals surface area contributed by atoms with E-state index in [1.54, 1.807) is 0 Å². The minimum absolute atomic E-state index is 0.553. The van der Waals surface area contributed by atoms with Gasteiger partial charge in [-0.2, -0.15) is 0 Å². The van der Waals surface area contributed by atoms with Gasteiger partial charge in [0.1, 0.15) is 0 Å². The van der Waals surface area contributed by atoms with Crippen molar-refractivity contribution in [1.82, 2.24) is 0 Å². The standard InChI is InChI=1S/C10H15As/c1-9(11(2)3)10-7-5-4-6-8-10/h4-9H,1-3H3. The van der Waals surface area contributed by atoms with E-state index in [0.29, 0.717) is 0 Å². The maximum absolute atomic E-state index is 2.41. The van der Waals surface area contributed by atoms with E-state index >= 15 is 0 Å². The molecular weight excluding hydrogens is 195 g/mol. The van der Waals surface area contributed by atoms with E-state index < -0.39 is 14.7 Å². The summed E-state index contributed by atoms with van der Waals surface area (Å²) >= 11 is -0.553. The molecule has 0 fully saturated rings. The van der Waals surface area contributed by atoms with Crippen LogP contribution < -0.4 is 0 Å². The molecule has 60 valence electrons. The third-order valence-corrected chi connectivity index (χ3v) is 5.93. The molecule has 0 nitrogen and oxygen atoms in total. The van der Waals surface area contributed by atoms with Crippen LogP contribution in [-0.4, -0.2) is 14.7 Å². The van der Waals surface area contributed by atoms with Crippen LogP contribution in [0.25, 0.3) is 0 Å². The Morgan fingerprint density at radius 2 is 1.64 bits per heavy atom. The normalized spacial score (nSPS) is 13.5. The van der Waals surface area contributed by atoms with Crippen molar-refractivity contribution >= 4 is 14.7 Å². The number of hydrogen-bond acceptors (Lipinski definition) is 0. The molecule has 0 heterocycles. The van der Waals surface area contributed by atoms with Crippen LogP contribution in [0.4, 0.5) is 0 Å². The summed E-state index contributed by atoms with van der Waals surface area (Å²) in [7, 11) is 0. The summed E-state index contributed by atoms with van der Waals surface area (Å²) in [6.07, 6.45) is 0. The van der Waals surface area contributed by atoms with Gasteiger partial charge < -0.3 is 0 Å². The molecule has 0 spiro atoms. The molecular formula is C10H15As. The Labute approximate surface area is 73.9 Å². The zero-order chi connectivity index (χ0) is 8.27. The van der Waals surface area contributed by atoms with E-state index in [-0.39, 0.29) is 0 Å². The van der Waals surface area contributed by atoms with Gasteiger partial charge in [-0.05, 0) is 0 Å². The second kappa shape index (κ2) is 3.97. The second-order valence-corrected chi connectivity index (χ2v) is 8.72. The van der Waals surface area contributed by atoms with Crippen LogP contribution in [0.5, 0.6) is 0 Å². The van der Waals surface area contributed by atoms with Crippen LogP contribution in [0.1, 0.15) is 17.2 Å². The molecule has 0 amide bonds. The quantitative estimate of drug-likeness (QED) is 0.658. The molecule has 0 bridgehead atoms. The Morgan fingerprint density at radius 3 is 2.09 bits per heavy atom. The first kappa shape index (κ1) is 8.87. The zero-order valence-electron chi connectivity index (χ0n) is 7.41. The molecule has 0 N–H and O–H groups in total. The van der Waals surface area contributed by atoms with Crippen LogP contribution in [0.3, 0.4) is 0 Å². The Bertz CT molecular complexity index is 203. The summed E-state index contributed by atoms with van der Waals surface area (Å²) in [6, 6.07) is 10.8. The first-order valence-electron chi connectivity index (χ1n) is 3.93. The van der Waals surface area contributed by atoms with Crippen LogP contribution in [0.15, 0.2) is 30.3 Å². The first-order chi connectivity index (χ1) is 5.22. The van der Waals surface area contributed by atoms with Gasteiger partial charge in [-0.15, -0.1) is 0 Å². The van der Waals surface area contributed by atoms with Gasteiger partial charge in [-0.1, -0.05) is 0 Å². The van der Waals surface area contributed by atoms with E-state index in [2.05, 4.69) is 48.7 Å². The van der Waals surface area contributed by atoms with Crippen LogP contribution in [0, 0.1) is 0 Å². The molecule has 0 aliphatic carbocycles. The molecule has 1 atom stereocenters. The van der Waals surface area contributed by atoms with E-state index in [1.165, 1.54) is 5.56 Å². The van der Waals surface area contributed by atoms with E-state index in [9.17, 15) is 0 Å². The Morgan fingerprint density at radius 1 is 1.09 bits per heavy atom. The van der Waals surface area contributed by atoms with Gasteiger partial charge in [0.2, 0.25) is 0 Å². The molecule has 1 heteroatoms. The Kier molecular flexibility index (Phi) is 3.20. The fourth-order valence-electron chi connectivity index (χ4n) is 1.03. The van der Waals surface area contributed by atoms with Crippen molar-refractivity contribution < 1.29 is 0 Å². The maximum atomic E-state index is 2.41. The molecule has 11 heavy (non-hydrogen) atoms. The molecule has 0 aliphatic rings.